The molecule has 3 nitrogen and oxygen atoms in total. The summed E-state index contributed by atoms with van der Waals surface area (Å²) in [5.74, 6) is 0. The number of nitrogens with zero attached hydrogens (tertiary/aromatic N) is 2. The Morgan fingerprint density at radius 2 is 1.84 bits per heavy atom. The Morgan fingerprint density at radius 3 is 2.48 bits per heavy atom. The van der Waals surface area contributed by atoms with Crippen LogP contribution in [0.3, 0.4) is 0 Å². The number of aromatic nitrogens is 1. The number of rotatable bonds is 5. The number of unbranched alkanes of at least 4 members (excludes halogenated alkanes) is 1. The van der Waals surface area contributed by atoms with E-state index in [1.54, 1.807) is 10.8 Å². The zero-order valence-corrected chi connectivity index (χ0v) is 15.3. The average molecular weight is 363 g/mol. The normalized spacial score (nSPS) is 16.8. The van der Waals surface area contributed by atoms with Crippen molar-refractivity contribution in [3.63, 3.8) is 0 Å². The van der Waals surface area contributed by atoms with Gasteiger partial charge in [0.05, 0.1) is 5.69 Å². The van der Waals surface area contributed by atoms with Crippen molar-refractivity contribution in [2.24, 2.45) is 0 Å². The molecule has 0 N–H and O–H groups in total. The highest BCUT2D eigenvalue weighted by Gasteiger charge is 2.36. The molecule has 0 atom stereocenters. The molecular weight excluding hydrogens is 339 g/mol. The van der Waals surface area contributed by atoms with Crippen molar-refractivity contribution < 1.29 is 4.39 Å². The molecule has 2 aromatic rings. The van der Waals surface area contributed by atoms with Crippen LogP contribution in [-0.4, -0.2) is 17.7 Å². The van der Waals surface area contributed by atoms with Gasteiger partial charge in [-0.1, -0.05) is 55.3 Å². The summed E-state index contributed by atoms with van der Waals surface area (Å²) in [4.78, 5) is 14.4. The monoisotopic (exact) mass is 362 g/mol. The smallest absolute Gasteiger partial charge is 0.271 e. The highest BCUT2D eigenvalue weighted by Crippen LogP contribution is 2.38. The predicted octanol–water partition coefficient (Wildman–Crippen LogP) is 4.77. The fourth-order valence-electron chi connectivity index (χ4n) is 3.41. The summed E-state index contributed by atoms with van der Waals surface area (Å²) in [6, 6.07) is 11.2. The van der Waals surface area contributed by atoms with Crippen LogP contribution in [0, 0.1) is 0 Å². The van der Waals surface area contributed by atoms with Crippen molar-refractivity contribution in [1.82, 2.24) is 4.57 Å². The van der Waals surface area contributed by atoms with Crippen LogP contribution in [0.4, 0.5) is 10.1 Å². The number of alkyl halides is 1. The topological polar surface area (TPSA) is 25.2 Å². The van der Waals surface area contributed by atoms with Gasteiger partial charge < -0.3 is 9.47 Å². The first-order chi connectivity index (χ1) is 12.0. The quantitative estimate of drug-likeness (QED) is 0.765. The Balaban J connectivity index is 1.75. The Bertz CT molecular complexity index is 767. The molecule has 1 fully saturated rings. The number of hydrogen-bond donors (Lipinski definition) is 0. The van der Waals surface area contributed by atoms with E-state index >= 15 is 4.39 Å². The van der Waals surface area contributed by atoms with Crippen molar-refractivity contribution in [1.29, 1.82) is 0 Å². The van der Waals surface area contributed by atoms with Gasteiger partial charge in [0.2, 0.25) is 0 Å². The fraction of sp³-hybridized carbons (Fsp3) is 0.450. The van der Waals surface area contributed by atoms with E-state index in [9.17, 15) is 4.79 Å². The van der Waals surface area contributed by atoms with Gasteiger partial charge in [-0.25, -0.2) is 4.39 Å². The van der Waals surface area contributed by atoms with Crippen molar-refractivity contribution in [3.05, 3.63) is 63.5 Å². The molecule has 2 heterocycles. The molecule has 0 unspecified atom stereocenters. The molecule has 1 aliphatic rings. The van der Waals surface area contributed by atoms with E-state index in [-0.39, 0.29) is 10.6 Å². The predicted molar refractivity (Wildman–Crippen MR) is 101 cm³/mol. The van der Waals surface area contributed by atoms with E-state index in [1.807, 2.05) is 41.3 Å². The second-order valence-corrected chi connectivity index (χ2v) is 7.06. The van der Waals surface area contributed by atoms with Gasteiger partial charge in [-0.3, -0.25) is 4.79 Å². The number of piperidine rings is 1. The minimum absolute atomic E-state index is 0.159. The molecule has 0 spiro atoms. The minimum atomic E-state index is -1.31. The van der Waals surface area contributed by atoms with E-state index < -0.39 is 5.67 Å². The maximum atomic E-state index is 15.3. The standard InChI is InChI=1S/C20H24ClFN2O/c1-2-3-12-24-13-9-17(18(21)19(24)25)23-14-10-20(22,11-15-23)16-7-5-4-6-8-16/h4-9,13H,2-3,10-12,14-15H2,1H3. The van der Waals surface area contributed by atoms with E-state index in [1.165, 1.54) is 0 Å². The zero-order valence-electron chi connectivity index (χ0n) is 14.5. The number of halogens is 2. The third kappa shape index (κ3) is 3.74. The molecule has 1 aromatic heterocycles. The summed E-state index contributed by atoms with van der Waals surface area (Å²) >= 11 is 6.33. The van der Waals surface area contributed by atoms with Gasteiger partial charge in [-0.15, -0.1) is 0 Å². The van der Waals surface area contributed by atoms with E-state index in [0.717, 1.165) is 24.1 Å². The molecule has 3 rings (SSSR count). The van der Waals surface area contributed by atoms with Gasteiger partial charge in [0, 0.05) is 38.7 Å². The van der Waals surface area contributed by atoms with Crippen molar-refractivity contribution >= 4 is 17.3 Å². The molecule has 0 bridgehead atoms. The molecule has 134 valence electrons. The summed E-state index contributed by atoms with van der Waals surface area (Å²) in [5.41, 5.74) is -0.0154. The van der Waals surface area contributed by atoms with Crippen LogP contribution >= 0.6 is 11.6 Å². The van der Waals surface area contributed by atoms with Crippen molar-refractivity contribution in [2.75, 3.05) is 18.0 Å². The van der Waals surface area contributed by atoms with Gasteiger partial charge in [0.25, 0.3) is 5.56 Å². The van der Waals surface area contributed by atoms with E-state index in [2.05, 4.69) is 6.92 Å². The number of hydrogen-bond acceptors (Lipinski definition) is 2. The number of pyridine rings is 1. The lowest BCUT2D eigenvalue weighted by molar-refractivity contribution is 0.125. The third-order valence-corrected chi connectivity index (χ3v) is 5.38. The molecule has 1 saturated heterocycles. The second kappa shape index (κ2) is 7.61. The average Bonchev–Trinajstić information content (AvgIpc) is 2.65. The number of anilines is 1. The summed E-state index contributed by atoms with van der Waals surface area (Å²) in [6.07, 6.45) is 4.56. The largest absolute Gasteiger partial charge is 0.370 e. The van der Waals surface area contributed by atoms with Crippen molar-refractivity contribution in [3.8, 4) is 0 Å². The Labute approximate surface area is 153 Å². The summed E-state index contributed by atoms with van der Waals surface area (Å²) in [5, 5.41) is 0.240. The lowest BCUT2D eigenvalue weighted by Gasteiger charge is -2.38. The molecular formula is C20H24ClFN2O. The Hall–Kier alpha value is -1.81. The van der Waals surface area contributed by atoms with Gasteiger partial charge >= 0.3 is 0 Å². The highest BCUT2D eigenvalue weighted by molar-refractivity contribution is 6.33. The minimum Gasteiger partial charge on any atom is -0.370 e. The maximum Gasteiger partial charge on any atom is 0.271 e. The van der Waals surface area contributed by atoms with E-state index in [0.29, 0.717) is 32.5 Å². The summed E-state index contributed by atoms with van der Waals surface area (Å²) in [6.45, 7) is 3.86. The number of benzene rings is 1. The second-order valence-electron chi connectivity index (χ2n) is 6.69. The maximum absolute atomic E-state index is 15.3. The summed E-state index contributed by atoms with van der Waals surface area (Å²) in [7, 11) is 0. The fourth-order valence-corrected chi connectivity index (χ4v) is 3.70. The lowest BCUT2D eigenvalue weighted by atomic mass is 9.86. The van der Waals surface area contributed by atoms with Crippen LogP contribution in [0.25, 0.3) is 0 Å². The van der Waals surface area contributed by atoms with Crippen molar-refractivity contribution in [2.45, 2.75) is 44.8 Å². The lowest BCUT2D eigenvalue weighted by Crippen LogP contribution is -2.41. The molecule has 0 amide bonds. The van der Waals surface area contributed by atoms with Crippen LogP contribution in [0.15, 0.2) is 47.4 Å². The molecule has 0 radical (unpaired) electrons. The van der Waals surface area contributed by atoms with Crippen LogP contribution in [0.5, 0.6) is 0 Å². The first-order valence-electron chi connectivity index (χ1n) is 8.93. The molecule has 0 aliphatic carbocycles. The van der Waals surface area contributed by atoms with E-state index in [4.69, 9.17) is 11.6 Å². The van der Waals surface area contributed by atoms with Crippen LogP contribution in [0.2, 0.25) is 5.02 Å². The number of aryl methyl sites for hydroxylation is 1. The first-order valence-corrected chi connectivity index (χ1v) is 9.31. The van der Waals surface area contributed by atoms with Gasteiger partial charge in [0.1, 0.15) is 10.7 Å². The molecule has 0 saturated carbocycles. The van der Waals surface area contributed by atoms with Crippen LogP contribution in [-0.2, 0) is 12.2 Å². The highest BCUT2D eigenvalue weighted by atomic mass is 35.5. The SMILES string of the molecule is CCCCn1ccc(N2CCC(F)(c3ccccc3)CC2)c(Cl)c1=O. The van der Waals surface area contributed by atoms with Crippen LogP contribution < -0.4 is 10.5 Å². The molecule has 25 heavy (non-hydrogen) atoms. The molecule has 1 aliphatic heterocycles. The first kappa shape index (κ1) is 18.0. The zero-order chi connectivity index (χ0) is 17.9. The molecule has 5 heteroatoms. The van der Waals surface area contributed by atoms with Crippen LogP contribution in [0.1, 0.15) is 38.2 Å². The third-order valence-electron chi connectivity index (χ3n) is 5.03. The molecule has 1 aromatic carbocycles. The Morgan fingerprint density at radius 1 is 1.16 bits per heavy atom. The summed E-state index contributed by atoms with van der Waals surface area (Å²) < 4.78 is 16.9. The Kier molecular flexibility index (Phi) is 5.48. The van der Waals surface area contributed by atoms with Gasteiger partial charge in [-0.05, 0) is 18.1 Å². The van der Waals surface area contributed by atoms with Gasteiger partial charge in [-0.2, -0.15) is 0 Å². The van der Waals surface area contributed by atoms with Gasteiger partial charge in [0.15, 0.2) is 0 Å².